The zero-order valence-electron chi connectivity index (χ0n) is 16.7. The van der Waals surface area contributed by atoms with Crippen LogP contribution in [0.5, 0.6) is 5.75 Å². The molecule has 8 nitrogen and oxygen atoms in total. The van der Waals surface area contributed by atoms with Crippen molar-refractivity contribution in [1.29, 1.82) is 0 Å². The molecule has 9 heteroatoms. The van der Waals surface area contributed by atoms with E-state index in [1.54, 1.807) is 52.0 Å². The van der Waals surface area contributed by atoms with Crippen LogP contribution in [0.1, 0.15) is 33.3 Å². The highest BCUT2D eigenvalue weighted by Gasteiger charge is 2.37. The molecule has 156 valence electrons. The maximum Gasteiger partial charge on any atom is 0.344 e. The number of rotatable bonds is 7. The van der Waals surface area contributed by atoms with E-state index in [2.05, 4.69) is 0 Å². The zero-order valence-corrected chi connectivity index (χ0v) is 17.5. The third kappa shape index (κ3) is 6.63. The molecule has 0 unspecified atom stereocenters. The van der Waals surface area contributed by atoms with Crippen LogP contribution in [0, 0.1) is 0 Å². The van der Waals surface area contributed by atoms with E-state index in [9.17, 15) is 19.2 Å². The average molecular weight is 421 g/mol. The molecule has 1 aliphatic rings. The lowest BCUT2D eigenvalue weighted by Gasteiger charge is -2.21. The minimum absolute atomic E-state index is 0.144. The third-order valence-corrected chi connectivity index (χ3v) is 4.34. The SMILES string of the molecule is CCOC(=O)COc1ccccc1/C=C1\SC(=O)N(CC(=O)OC(C)(C)C)C1=O. The number of ether oxygens (including phenoxy) is 3. The largest absolute Gasteiger partial charge is 0.481 e. The first kappa shape index (κ1) is 22.5. The van der Waals surface area contributed by atoms with Crippen LogP contribution in [0.2, 0.25) is 0 Å². The highest BCUT2D eigenvalue weighted by molar-refractivity contribution is 8.18. The number of thioether (sulfide) groups is 1. The van der Waals surface area contributed by atoms with Crippen LogP contribution in [-0.4, -0.2) is 53.3 Å². The van der Waals surface area contributed by atoms with Crippen molar-refractivity contribution in [1.82, 2.24) is 4.90 Å². The molecule has 1 aromatic rings. The Morgan fingerprint density at radius 3 is 2.48 bits per heavy atom. The summed E-state index contributed by atoms with van der Waals surface area (Å²) in [5.74, 6) is -1.41. The van der Waals surface area contributed by atoms with Gasteiger partial charge in [-0.1, -0.05) is 18.2 Å². The molecule has 1 aromatic carbocycles. The molecule has 1 saturated heterocycles. The molecular formula is C20H23NO7S. The fourth-order valence-electron chi connectivity index (χ4n) is 2.35. The number of benzene rings is 1. The quantitative estimate of drug-likeness (QED) is 0.489. The zero-order chi connectivity index (χ0) is 21.6. The second kappa shape index (κ2) is 9.60. The average Bonchev–Trinajstić information content (AvgIpc) is 2.87. The van der Waals surface area contributed by atoms with Crippen molar-refractivity contribution in [3.05, 3.63) is 34.7 Å². The second-order valence-corrected chi connectivity index (χ2v) is 7.98. The van der Waals surface area contributed by atoms with Gasteiger partial charge >= 0.3 is 11.9 Å². The minimum Gasteiger partial charge on any atom is -0.481 e. The van der Waals surface area contributed by atoms with Crippen LogP contribution in [0.3, 0.4) is 0 Å². The van der Waals surface area contributed by atoms with E-state index < -0.39 is 35.2 Å². The van der Waals surface area contributed by atoms with Crippen LogP contribution in [-0.2, 0) is 23.9 Å². The molecule has 2 rings (SSSR count). The summed E-state index contributed by atoms with van der Waals surface area (Å²) in [7, 11) is 0. The van der Waals surface area contributed by atoms with E-state index in [1.165, 1.54) is 6.08 Å². The molecular weight excluding hydrogens is 398 g/mol. The lowest BCUT2D eigenvalue weighted by atomic mass is 10.2. The minimum atomic E-state index is -0.718. The first-order valence-electron chi connectivity index (χ1n) is 8.95. The van der Waals surface area contributed by atoms with Gasteiger partial charge in [-0.25, -0.2) is 4.79 Å². The maximum absolute atomic E-state index is 12.6. The Balaban J connectivity index is 2.13. The van der Waals surface area contributed by atoms with Crippen molar-refractivity contribution in [2.45, 2.75) is 33.3 Å². The van der Waals surface area contributed by atoms with Crippen molar-refractivity contribution in [3.8, 4) is 5.75 Å². The van der Waals surface area contributed by atoms with E-state index in [-0.39, 0.29) is 18.1 Å². The van der Waals surface area contributed by atoms with Gasteiger partial charge in [-0.2, -0.15) is 0 Å². The summed E-state index contributed by atoms with van der Waals surface area (Å²) in [5.41, 5.74) is -0.205. The molecule has 2 amide bonds. The van der Waals surface area contributed by atoms with Crippen molar-refractivity contribution in [2.24, 2.45) is 0 Å². The Morgan fingerprint density at radius 1 is 1.14 bits per heavy atom. The van der Waals surface area contributed by atoms with Gasteiger partial charge in [0, 0.05) is 5.56 Å². The standard InChI is InChI=1S/C20H23NO7S/c1-5-26-17(23)12-27-14-9-7-6-8-13(14)10-15-18(24)21(19(25)29-15)11-16(22)28-20(2,3)4/h6-10H,5,11-12H2,1-4H3/b15-10-. The van der Waals surface area contributed by atoms with Gasteiger partial charge in [0.25, 0.3) is 11.1 Å². The fourth-order valence-corrected chi connectivity index (χ4v) is 3.18. The van der Waals surface area contributed by atoms with E-state index in [0.29, 0.717) is 11.3 Å². The molecule has 0 aromatic heterocycles. The van der Waals surface area contributed by atoms with E-state index in [1.807, 2.05) is 0 Å². The van der Waals surface area contributed by atoms with Gasteiger partial charge in [0.15, 0.2) is 6.61 Å². The van der Waals surface area contributed by atoms with Crippen LogP contribution in [0.15, 0.2) is 29.2 Å². The number of amides is 2. The number of esters is 2. The number of nitrogens with zero attached hydrogens (tertiary/aromatic N) is 1. The molecule has 29 heavy (non-hydrogen) atoms. The Labute approximate surface area is 173 Å². The van der Waals surface area contributed by atoms with Gasteiger partial charge in [0.05, 0.1) is 11.5 Å². The van der Waals surface area contributed by atoms with Crippen molar-refractivity contribution in [3.63, 3.8) is 0 Å². The smallest absolute Gasteiger partial charge is 0.344 e. The summed E-state index contributed by atoms with van der Waals surface area (Å²) < 4.78 is 15.4. The number of hydrogen-bond acceptors (Lipinski definition) is 8. The van der Waals surface area contributed by atoms with E-state index in [4.69, 9.17) is 14.2 Å². The predicted molar refractivity (Wildman–Crippen MR) is 107 cm³/mol. The Hall–Kier alpha value is -2.81. The summed E-state index contributed by atoms with van der Waals surface area (Å²) in [6.45, 7) is 6.30. The van der Waals surface area contributed by atoms with Crippen LogP contribution < -0.4 is 4.74 Å². The van der Waals surface area contributed by atoms with E-state index >= 15 is 0 Å². The number of imide groups is 1. The Kier molecular flexibility index (Phi) is 7.44. The molecule has 0 radical (unpaired) electrons. The first-order valence-corrected chi connectivity index (χ1v) is 9.77. The number of para-hydroxylation sites is 1. The van der Waals surface area contributed by atoms with Gasteiger partial charge in [0.1, 0.15) is 17.9 Å². The van der Waals surface area contributed by atoms with Gasteiger partial charge < -0.3 is 14.2 Å². The van der Waals surface area contributed by atoms with Gasteiger partial charge in [0.2, 0.25) is 0 Å². The molecule has 0 aliphatic carbocycles. The molecule has 1 aliphatic heterocycles. The number of carbonyl (C=O) groups excluding carboxylic acids is 4. The summed E-state index contributed by atoms with van der Waals surface area (Å²) in [6, 6.07) is 6.76. The number of hydrogen-bond donors (Lipinski definition) is 0. The topological polar surface area (TPSA) is 99.2 Å². The monoisotopic (exact) mass is 421 g/mol. The molecule has 0 saturated carbocycles. The maximum atomic E-state index is 12.6. The number of carbonyl (C=O) groups is 4. The van der Waals surface area contributed by atoms with Gasteiger partial charge in [-0.3, -0.25) is 19.3 Å². The van der Waals surface area contributed by atoms with Gasteiger partial charge in [-0.05, 0) is 51.6 Å². The summed E-state index contributed by atoms with van der Waals surface area (Å²) in [5, 5.41) is -0.558. The molecule has 1 heterocycles. The molecule has 0 bridgehead atoms. The molecule has 0 atom stereocenters. The fraction of sp³-hybridized carbons (Fsp3) is 0.400. The highest BCUT2D eigenvalue weighted by Crippen LogP contribution is 2.34. The lowest BCUT2D eigenvalue weighted by molar-refractivity contribution is -0.156. The second-order valence-electron chi connectivity index (χ2n) is 6.99. The first-order chi connectivity index (χ1) is 13.6. The highest BCUT2D eigenvalue weighted by atomic mass is 32.2. The predicted octanol–water partition coefficient (Wildman–Crippen LogP) is 3.01. The Bertz CT molecular complexity index is 841. The van der Waals surface area contributed by atoms with Crippen LogP contribution in [0.4, 0.5) is 4.79 Å². The van der Waals surface area contributed by atoms with Crippen molar-refractivity contribution in [2.75, 3.05) is 19.8 Å². The van der Waals surface area contributed by atoms with Crippen LogP contribution >= 0.6 is 11.8 Å². The Morgan fingerprint density at radius 2 is 1.83 bits per heavy atom. The van der Waals surface area contributed by atoms with E-state index in [0.717, 1.165) is 16.7 Å². The summed E-state index contributed by atoms with van der Waals surface area (Å²) in [4.78, 5) is 49.2. The van der Waals surface area contributed by atoms with Crippen molar-refractivity contribution >= 4 is 40.9 Å². The summed E-state index contributed by atoms with van der Waals surface area (Å²) >= 11 is 0.721. The lowest BCUT2D eigenvalue weighted by Crippen LogP contribution is -2.37. The third-order valence-electron chi connectivity index (χ3n) is 3.44. The molecule has 0 N–H and O–H groups in total. The summed E-state index contributed by atoms with van der Waals surface area (Å²) in [6.07, 6.45) is 1.49. The normalized spacial score (nSPS) is 15.6. The van der Waals surface area contributed by atoms with Crippen LogP contribution in [0.25, 0.3) is 6.08 Å². The van der Waals surface area contributed by atoms with Gasteiger partial charge in [-0.15, -0.1) is 0 Å². The molecule has 0 spiro atoms. The molecule has 1 fully saturated rings. The van der Waals surface area contributed by atoms with Crippen molar-refractivity contribution < 1.29 is 33.4 Å².